The maximum atomic E-state index is 12.9. The van der Waals surface area contributed by atoms with Gasteiger partial charge in [-0.05, 0) is 49.2 Å². The second-order valence-corrected chi connectivity index (χ2v) is 6.90. The third kappa shape index (κ3) is 5.79. The van der Waals surface area contributed by atoms with E-state index in [9.17, 15) is 18.8 Å². The van der Waals surface area contributed by atoms with E-state index in [4.69, 9.17) is 4.74 Å². The van der Waals surface area contributed by atoms with Crippen molar-refractivity contribution in [2.45, 2.75) is 18.9 Å². The van der Waals surface area contributed by atoms with E-state index in [-0.39, 0.29) is 37.4 Å². The number of nitrogens with one attached hydrogen (secondary N) is 2. The standard InChI is InChI=1S/C22H24FN3O4/c23-17-10-8-16(9-11-17)21(28)24-12-13-25-22(29)19-7-4-14-26(19)20(27)15-30-18-5-2-1-3-6-18/h1-3,5-6,8-11,19H,4,7,12-15H2,(H,24,28)(H,25,29)/t19-/m0/s1. The normalized spacial score (nSPS) is 15.5. The Morgan fingerprint density at radius 2 is 1.70 bits per heavy atom. The van der Waals surface area contributed by atoms with Crippen molar-refractivity contribution in [1.29, 1.82) is 0 Å². The Bertz CT molecular complexity index is 874. The second kappa shape index (κ2) is 10.4. The van der Waals surface area contributed by atoms with Crippen LogP contribution in [0.15, 0.2) is 54.6 Å². The fraction of sp³-hybridized carbons (Fsp3) is 0.318. The monoisotopic (exact) mass is 413 g/mol. The van der Waals surface area contributed by atoms with Crippen LogP contribution in [-0.2, 0) is 9.59 Å². The maximum absolute atomic E-state index is 12.9. The van der Waals surface area contributed by atoms with E-state index in [2.05, 4.69) is 10.6 Å². The van der Waals surface area contributed by atoms with Gasteiger partial charge in [-0.25, -0.2) is 4.39 Å². The van der Waals surface area contributed by atoms with Crippen molar-refractivity contribution in [3.8, 4) is 5.75 Å². The van der Waals surface area contributed by atoms with Gasteiger partial charge in [-0.2, -0.15) is 0 Å². The van der Waals surface area contributed by atoms with Gasteiger partial charge in [-0.1, -0.05) is 18.2 Å². The van der Waals surface area contributed by atoms with Gasteiger partial charge in [0.1, 0.15) is 17.6 Å². The highest BCUT2D eigenvalue weighted by Crippen LogP contribution is 2.18. The SMILES string of the molecule is O=C(NCCNC(=O)[C@@H]1CCCN1C(=O)COc1ccccc1)c1ccc(F)cc1. The van der Waals surface area contributed by atoms with E-state index in [0.717, 1.165) is 6.42 Å². The molecule has 3 amide bonds. The lowest BCUT2D eigenvalue weighted by atomic mass is 10.2. The summed E-state index contributed by atoms with van der Waals surface area (Å²) in [6, 6.07) is 13.7. The van der Waals surface area contributed by atoms with Crippen molar-refractivity contribution in [1.82, 2.24) is 15.5 Å². The summed E-state index contributed by atoms with van der Waals surface area (Å²) < 4.78 is 18.4. The van der Waals surface area contributed by atoms with E-state index in [1.807, 2.05) is 18.2 Å². The highest BCUT2D eigenvalue weighted by atomic mass is 19.1. The van der Waals surface area contributed by atoms with Crippen molar-refractivity contribution in [2.24, 2.45) is 0 Å². The number of hydrogen-bond donors (Lipinski definition) is 2. The van der Waals surface area contributed by atoms with E-state index < -0.39 is 11.9 Å². The second-order valence-electron chi connectivity index (χ2n) is 6.90. The number of hydrogen-bond acceptors (Lipinski definition) is 4. The van der Waals surface area contributed by atoms with E-state index in [1.54, 1.807) is 12.1 Å². The highest BCUT2D eigenvalue weighted by molar-refractivity contribution is 5.94. The lowest BCUT2D eigenvalue weighted by Crippen LogP contribution is -2.48. The molecule has 0 aromatic heterocycles. The minimum atomic E-state index is -0.537. The quantitative estimate of drug-likeness (QED) is 0.646. The summed E-state index contributed by atoms with van der Waals surface area (Å²) >= 11 is 0. The van der Waals surface area contributed by atoms with Gasteiger partial charge in [0.2, 0.25) is 5.91 Å². The van der Waals surface area contributed by atoms with Crippen LogP contribution < -0.4 is 15.4 Å². The lowest BCUT2D eigenvalue weighted by Gasteiger charge is -2.24. The number of benzene rings is 2. The number of nitrogens with zero attached hydrogens (tertiary/aromatic N) is 1. The van der Waals surface area contributed by atoms with Crippen molar-refractivity contribution in [3.05, 3.63) is 66.0 Å². The zero-order chi connectivity index (χ0) is 21.3. The summed E-state index contributed by atoms with van der Waals surface area (Å²) in [5, 5.41) is 5.41. The Balaban J connectivity index is 1.41. The van der Waals surface area contributed by atoms with Crippen LogP contribution in [0.25, 0.3) is 0 Å². The Morgan fingerprint density at radius 1 is 1.00 bits per heavy atom. The molecule has 8 heteroatoms. The van der Waals surface area contributed by atoms with Gasteiger partial charge >= 0.3 is 0 Å². The number of halogens is 1. The largest absolute Gasteiger partial charge is 0.484 e. The Hall–Kier alpha value is -3.42. The van der Waals surface area contributed by atoms with Gasteiger partial charge in [0, 0.05) is 25.2 Å². The number of ether oxygens (including phenoxy) is 1. The molecule has 1 atom stereocenters. The lowest BCUT2D eigenvalue weighted by molar-refractivity contribution is -0.139. The summed E-state index contributed by atoms with van der Waals surface area (Å²) in [6.07, 6.45) is 1.33. The third-order valence-corrected chi connectivity index (χ3v) is 4.80. The summed E-state index contributed by atoms with van der Waals surface area (Å²) in [7, 11) is 0. The fourth-order valence-electron chi connectivity index (χ4n) is 3.27. The first-order chi connectivity index (χ1) is 14.5. The number of para-hydroxylation sites is 1. The zero-order valence-corrected chi connectivity index (χ0v) is 16.5. The molecule has 158 valence electrons. The summed E-state index contributed by atoms with van der Waals surface area (Å²) in [6.45, 7) is 0.836. The molecule has 3 rings (SSSR count). The zero-order valence-electron chi connectivity index (χ0n) is 16.5. The molecule has 1 heterocycles. The fourth-order valence-corrected chi connectivity index (χ4v) is 3.27. The van der Waals surface area contributed by atoms with Crippen molar-refractivity contribution < 1.29 is 23.5 Å². The molecule has 1 aliphatic heterocycles. The molecule has 0 radical (unpaired) electrons. The number of carbonyl (C=O) groups excluding carboxylic acids is 3. The molecule has 0 aliphatic carbocycles. The molecule has 7 nitrogen and oxygen atoms in total. The molecule has 0 bridgehead atoms. The van der Waals surface area contributed by atoms with Gasteiger partial charge in [0.15, 0.2) is 6.61 Å². The molecule has 2 aromatic carbocycles. The van der Waals surface area contributed by atoms with Crippen LogP contribution in [0.4, 0.5) is 4.39 Å². The van der Waals surface area contributed by atoms with E-state index in [1.165, 1.54) is 29.2 Å². The first-order valence-electron chi connectivity index (χ1n) is 9.83. The summed E-state index contributed by atoms with van der Waals surface area (Å²) in [5.41, 5.74) is 0.341. The maximum Gasteiger partial charge on any atom is 0.261 e. The first kappa shape index (κ1) is 21.3. The first-order valence-corrected chi connectivity index (χ1v) is 9.83. The number of rotatable bonds is 8. The van der Waals surface area contributed by atoms with Crippen LogP contribution in [0, 0.1) is 5.82 Å². The number of likely N-dealkylation sites (tertiary alicyclic amines) is 1. The average Bonchev–Trinajstić information content (AvgIpc) is 3.26. The molecule has 2 aromatic rings. The minimum Gasteiger partial charge on any atom is -0.484 e. The van der Waals surface area contributed by atoms with Crippen LogP contribution in [0.2, 0.25) is 0 Å². The smallest absolute Gasteiger partial charge is 0.261 e. The average molecular weight is 413 g/mol. The van der Waals surface area contributed by atoms with Crippen LogP contribution in [0.3, 0.4) is 0 Å². The molecular weight excluding hydrogens is 389 g/mol. The van der Waals surface area contributed by atoms with Crippen LogP contribution in [0.1, 0.15) is 23.2 Å². The van der Waals surface area contributed by atoms with E-state index in [0.29, 0.717) is 24.3 Å². The molecule has 1 aliphatic rings. The van der Waals surface area contributed by atoms with Crippen molar-refractivity contribution >= 4 is 17.7 Å². The topological polar surface area (TPSA) is 87.7 Å². The van der Waals surface area contributed by atoms with Gasteiger partial charge in [0.05, 0.1) is 0 Å². The molecule has 1 saturated heterocycles. The summed E-state index contributed by atoms with van der Waals surface area (Å²) in [4.78, 5) is 38.5. The van der Waals surface area contributed by atoms with Crippen molar-refractivity contribution in [3.63, 3.8) is 0 Å². The molecular formula is C22H24FN3O4. The van der Waals surface area contributed by atoms with Crippen LogP contribution >= 0.6 is 0 Å². The third-order valence-electron chi connectivity index (χ3n) is 4.80. The van der Waals surface area contributed by atoms with E-state index >= 15 is 0 Å². The molecule has 0 unspecified atom stereocenters. The minimum absolute atomic E-state index is 0.123. The predicted octanol–water partition coefficient (Wildman–Crippen LogP) is 1.74. The van der Waals surface area contributed by atoms with Gasteiger partial charge in [-0.3, -0.25) is 14.4 Å². The highest BCUT2D eigenvalue weighted by Gasteiger charge is 2.33. The predicted molar refractivity (Wildman–Crippen MR) is 108 cm³/mol. The van der Waals surface area contributed by atoms with Crippen LogP contribution in [0.5, 0.6) is 5.75 Å². The number of carbonyl (C=O) groups is 3. The molecule has 1 fully saturated rings. The Labute approximate surface area is 174 Å². The van der Waals surface area contributed by atoms with Crippen molar-refractivity contribution in [2.75, 3.05) is 26.2 Å². The molecule has 30 heavy (non-hydrogen) atoms. The van der Waals surface area contributed by atoms with Gasteiger partial charge in [0.25, 0.3) is 11.8 Å². The summed E-state index contributed by atoms with van der Waals surface area (Å²) in [5.74, 6) is -0.649. The van der Waals surface area contributed by atoms with Gasteiger partial charge in [-0.15, -0.1) is 0 Å². The molecule has 2 N–H and O–H groups in total. The van der Waals surface area contributed by atoms with Gasteiger partial charge < -0.3 is 20.3 Å². The Morgan fingerprint density at radius 3 is 2.43 bits per heavy atom. The number of amides is 3. The molecule has 0 spiro atoms. The molecule has 0 saturated carbocycles. The van der Waals surface area contributed by atoms with Crippen LogP contribution in [-0.4, -0.2) is 54.9 Å². The Kier molecular flexibility index (Phi) is 7.37.